The molecule has 1 aliphatic carbocycles. The molecule has 2 aliphatic rings. The molecule has 1 amide bonds. The Morgan fingerprint density at radius 3 is 2.40 bits per heavy atom. The van der Waals surface area contributed by atoms with E-state index in [2.05, 4.69) is 16.7 Å². The molecular weight excluding hydrogens is 591 g/mol. The summed E-state index contributed by atoms with van der Waals surface area (Å²) >= 11 is 0. The minimum atomic E-state index is -4.24. The van der Waals surface area contributed by atoms with Gasteiger partial charge in [0.25, 0.3) is 15.9 Å². The molecule has 2 aromatic heterocycles. The highest BCUT2D eigenvalue weighted by Crippen LogP contribution is 2.59. The first-order chi connectivity index (χ1) is 19.2. The number of sulfonamides is 1. The predicted octanol–water partition coefficient (Wildman–Crippen LogP) is 5.24. The molecule has 14 heteroatoms. The number of anilines is 1. The van der Waals surface area contributed by atoms with Gasteiger partial charge < -0.3 is 9.64 Å². The van der Waals surface area contributed by atoms with E-state index in [-0.39, 0.29) is 61.2 Å². The van der Waals surface area contributed by atoms with Crippen LogP contribution < -0.4 is 14.4 Å². The molecule has 1 saturated carbocycles. The number of alkyl halides is 3. The third kappa shape index (κ3) is 6.38. The molecule has 0 bridgehead atoms. The summed E-state index contributed by atoms with van der Waals surface area (Å²) in [7, 11) is -4.12. The third-order valence-electron chi connectivity index (χ3n) is 7.80. The summed E-state index contributed by atoms with van der Waals surface area (Å²) in [6, 6.07) is 12.2. The van der Waals surface area contributed by atoms with E-state index >= 15 is 0 Å². The van der Waals surface area contributed by atoms with Crippen molar-refractivity contribution in [3.63, 3.8) is 0 Å². The number of halogens is 3. The lowest BCUT2D eigenvalue weighted by Crippen LogP contribution is -2.41. The largest absolute Gasteiger partial charge is 0.477 e. The lowest BCUT2D eigenvalue weighted by atomic mass is 9.97. The Morgan fingerprint density at radius 2 is 1.81 bits per heavy atom. The van der Waals surface area contributed by atoms with Gasteiger partial charge >= 0.3 is 6.18 Å². The maximum Gasteiger partial charge on any atom is 0.394 e. The molecule has 2 fully saturated rings. The van der Waals surface area contributed by atoms with E-state index in [0.29, 0.717) is 24.1 Å². The van der Waals surface area contributed by atoms with Crippen molar-refractivity contribution in [2.24, 2.45) is 11.3 Å². The molecule has 1 atom stereocenters. The van der Waals surface area contributed by atoms with Crippen molar-refractivity contribution in [1.29, 1.82) is 0 Å². The van der Waals surface area contributed by atoms with Crippen molar-refractivity contribution >= 4 is 35.2 Å². The van der Waals surface area contributed by atoms with Crippen molar-refractivity contribution in [2.45, 2.75) is 63.1 Å². The summed E-state index contributed by atoms with van der Waals surface area (Å²) in [6.07, 6.45) is -1.76. The van der Waals surface area contributed by atoms with E-state index in [1.807, 2.05) is 18.7 Å². The zero-order chi connectivity index (χ0) is 29.6. The van der Waals surface area contributed by atoms with Gasteiger partial charge in [0.05, 0.1) is 22.5 Å². The summed E-state index contributed by atoms with van der Waals surface area (Å²) < 4.78 is 74.4. The number of benzene rings is 1. The van der Waals surface area contributed by atoms with Gasteiger partial charge in [0.15, 0.2) is 5.82 Å². The van der Waals surface area contributed by atoms with E-state index in [1.165, 1.54) is 35.0 Å². The fraction of sp³-hybridized carbons (Fsp3) is 0.464. The smallest absolute Gasteiger partial charge is 0.394 e. The molecule has 228 valence electrons. The molecule has 1 aliphatic heterocycles. The van der Waals surface area contributed by atoms with Crippen LogP contribution >= 0.6 is 13.5 Å². The van der Waals surface area contributed by atoms with Crippen molar-refractivity contribution in [3.8, 4) is 11.7 Å². The van der Waals surface area contributed by atoms with Crippen molar-refractivity contribution < 1.29 is 31.1 Å². The fourth-order valence-corrected chi connectivity index (χ4v) is 6.42. The monoisotopic (exact) mass is 625 g/mol. The molecule has 0 radical (unpaired) electrons. The van der Waals surface area contributed by atoms with Crippen molar-refractivity contribution in [3.05, 3.63) is 60.3 Å². The number of hydrogen-bond acceptors (Lipinski definition) is 7. The number of rotatable bonds is 9. The summed E-state index contributed by atoms with van der Waals surface area (Å²) in [5, 5.41) is 4.31. The third-order valence-corrected chi connectivity index (χ3v) is 9.15. The van der Waals surface area contributed by atoms with E-state index in [1.54, 1.807) is 24.4 Å². The number of ether oxygens (including phenoxy) is 1. The molecule has 1 saturated heterocycles. The van der Waals surface area contributed by atoms with Gasteiger partial charge in [-0.3, -0.25) is 4.79 Å². The number of nitrogens with one attached hydrogen (secondary N) is 1. The second kappa shape index (κ2) is 11.4. The Bertz CT molecular complexity index is 1540. The fourth-order valence-electron chi connectivity index (χ4n) is 5.43. The van der Waals surface area contributed by atoms with Crippen LogP contribution in [0.15, 0.2) is 59.6 Å². The number of nitrogens with zero attached hydrogens (tertiary/aromatic N) is 4. The van der Waals surface area contributed by atoms with Crippen LogP contribution in [0.1, 0.15) is 56.8 Å². The Morgan fingerprint density at radius 1 is 1.12 bits per heavy atom. The normalized spacial score (nSPS) is 19.2. The highest BCUT2D eigenvalue weighted by atomic mass is 32.2. The maximum atomic E-state index is 13.4. The topological polar surface area (TPSA) is 106 Å². The Hall–Kier alpha value is -3.26. The van der Waals surface area contributed by atoms with Crippen LogP contribution in [-0.4, -0.2) is 54.0 Å². The molecule has 3 aromatic rings. The van der Waals surface area contributed by atoms with E-state index in [9.17, 15) is 26.4 Å². The average molecular weight is 626 g/mol. The van der Waals surface area contributed by atoms with Gasteiger partial charge in [0.1, 0.15) is 5.82 Å². The second-order valence-electron chi connectivity index (χ2n) is 11.5. The standard InChI is InChI=1S/C28H32F3N5O4S.H2S/c1-19-17-26(2,3)35(18-19)24-21(25(37)34-41(38,39)20-7-5-4-6-8-20)9-10-22(32-24)36-15-11-23(33-36)40-16-14-27(12-13-27)28(29,30)31;/h4-11,15,19H,12-14,16-18H2,1-3H3,(H,34,37);1H2/t19-;/m0./s1. The molecule has 9 nitrogen and oxygen atoms in total. The second-order valence-corrected chi connectivity index (χ2v) is 13.2. The van der Waals surface area contributed by atoms with Gasteiger partial charge in [-0.2, -0.15) is 26.7 Å². The lowest BCUT2D eigenvalue weighted by Gasteiger charge is -2.34. The molecule has 3 heterocycles. The van der Waals surface area contributed by atoms with Crippen LogP contribution in [0.25, 0.3) is 5.82 Å². The van der Waals surface area contributed by atoms with Gasteiger partial charge in [-0.1, -0.05) is 25.1 Å². The number of amides is 1. The van der Waals surface area contributed by atoms with Gasteiger partial charge in [-0.15, -0.1) is 5.10 Å². The van der Waals surface area contributed by atoms with Crippen LogP contribution in [0.5, 0.6) is 5.88 Å². The van der Waals surface area contributed by atoms with Crippen LogP contribution in [0.4, 0.5) is 19.0 Å². The van der Waals surface area contributed by atoms with Crippen LogP contribution in [0.2, 0.25) is 0 Å². The zero-order valence-electron chi connectivity index (χ0n) is 23.5. The van der Waals surface area contributed by atoms with E-state index in [4.69, 9.17) is 9.72 Å². The van der Waals surface area contributed by atoms with Gasteiger partial charge in [0.2, 0.25) is 5.88 Å². The first-order valence-electron chi connectivity index (χ1n) is 13.4. The van der Waals surface area contributed by atoms with Gasteiger partial charge in [-0.25, -0.2) is 22.8 Å². The SMILES string of the molecule is C[C@@H]1CN(c2nc(-n3ccc(OCCC4(C(F)(F)F)CC4)n3)ccc2C(=O)NS(=O)(=O)c2ccccc2)C(C)(C)C1.S. The number of aromatic nitrogens is 3. The first-order valence-corrected chi connectivity index (χ1v) is 14.9. The highest BCUT2D eigenvalue weighted by Gasteiger charge is 2.62. The highest BCUT2D eigenvalue weighted by molar-refractivity contribution is 7.90. The molecule has 0 spiro atoms. The minimum Gasteiger partial charge on any atom is -0.477 e. The first kappa shape index (κ1) is 31.7. The molecular formula is C28H34F3N5O4S2. The lowest BCUT2D eigenvalue weighted by molar-refractivity contribution is -0.190. The maximum absolute atomic E-state index is 13.4. The summed E-state index contributed by atoms with van der Waals surface area (Å²) in [6.45, 7) is 6.63. The predicted molar refractivity (Wildman–Crippen MR) is 156 cm³/mol. The minimum absolute atomic E-state index is 0. The van der Waals surface area contributed by atoms with Crippen LogP contribution in [0.3, 0.4) is 0 Å². The summed E-state index contributed by atoms with van der Waals surface area (Å²) in [4.78, 5) is 20.0. The van der Waals surface area contributed by atoms with Gasteiger partial charge in [-0.05, 0) is 69.7 Å². The zero-order valence-corrected chi connectivity index (χ0v) is 25.3. The van der Waals surface area contributed by atoms with Gasteiger partial charge in [0, 0.05) is 24.3 Å². The van der Waals surface area contributed by atoms with Crippen LogP contribution in [0, 0.1) is 11.3 Å². The number of carbonyl (C=O) groups excluding carboxylic acids is 1. The molecule has 1 aromatic carbocycles. The van der Waals surface area contributed by atoms with Crippen molar-refractivity contribution in [1.82, 2.24) is 19.5 Å². The average Bonchev–Trinajstić information content (AvgIpc) is 3.47. The van der Waals surface area contributed by atoms with E-state index < -0.39 is 27.5 Å². The molecule has 5 rings (SSSR count). The Balaban J connectivity index is 0.00000405. The van der Waals surface area contributed by atoms with E-state index in [0.717, 1.165) is 6.42 Å². The molecule has 1 N–H and O–H groups in total. The number of hydrogen-bond donors (Lipinski definition) is 1. The Kier molecular flexibility index (Phi) is 8.62. The van der Waals surface area contributed by atoms with Crippen LogP contribution in [-0.2, 0) is 10.0 Å². The number of pyridine rings is 1. The summed E-state index contributed by atoms with van der Waals surface area (Å²) in [5.41, 5.74) is -1.94. The van der Waals surface area contributed by atoms with Crippen molar-refractivity contribution in [2.75, 3.05) is 18.1 Å². The molecule has 42 heavy (non-hydrogen) atoms. The molecule has 0 unspecified atom stereocenters. The summed E-state index contributed by atoms with van der Waals surface area (Å²) in [5.74, 6) is 0.271. The number of carbonyl (C=O) groups is 1. The quantitative estimate of drug-likeness (QED) is 0.347. The Labute approximate surface area is 250 Å².